The molecule has 98 valence electrons. The van der Waals surface area contributed by atoms with Crippen LogP contribution in [0.3, 0.4) is 0 Å². The van der Waals surface area contributed by atoms with E-state index in [0.29, 0.717) is 10.6 Å². The summed E-state index contributed by atoms with van der Waals surface area (Å²) in [6.07, 6.45) is 0. The van der Waals surface area contributed by atoms with Crippen LogP contribution in [0.15, 0.2) is 24.3 Å². The number of benzene rings is 1. The maximum absolute atomic E-state index is 11.4. The molecule has 0 spiro atoms. The molecule has 1 heterocycles. The van der Waals surface area contributed by atoms with Crippen LogP contribution in [0.4, 0.5) is 0 Å². The minimum Gasteiger partial charge on any atom is -0.364 e. The Morgan fingerprint density at radius 2 is 1.89 bits per heavy atom. The lowest BCUT2D eigenvalue weighted by Crippen LogP contribution is -2.23. The molecule has 1 aromatic heterocycles. The highest BCUT2D eigenvalue weighted by atomic mass is 35.5. The number of rotatable bonds is 4. The molecule has 2 amide bonds. The van der Waals surface area contributed by atoms with E-state index in [1.54, 1.807) is 24.3 Å². The van der Waals surface area contributed by atoms with Gasteiger partial charge in [-0.15, -0.1) is 5.10 Å². The SMILES string of the molecule is NC(=O)c1nnn(Cc2ccccc2Cl)c1C(N)=O. The summed E-state index contributed by atoms with van der Waals surface area (Å²) in [5, 5.41) is 7.77. The molecule has 0 radical (unpaired) electrons. The zero-order valence-electron chi connectivity index (χ0n) is 9.71. The molecule has 0 saturated carbocycles. The molecule has 0 saturated heterocycles. The first kappa shape index (κ1) is 13.0. The van der Waals surface area contributed by atoms with Crippen LogP contribution in [0.25, 0.3) is 0 Å². The highest BCUT2D eigenvalue weighted by Crippen LogP contribution is 2.17. The van der Waals surface area contributed by atoms with Crippen molar-refractivity contribution in [1.29, 1.82) is 0 Å². The van der Waals surface area contributed by atoms with Crippen molar-refractivity contribution in [2.45, 2.75) is 6.54 Å². The second kappa shape index (κ2) is 5.07. The summed E-state index contributed by atoms with van der Waals surface area (Å²) >= 11 is 6.01. The van der Waals surface area contributed by atoms with Gasteiger partial charge >= 0.3 is 0 Å². The summed E-state index contributed by atoms with van der Waals surface area (Å²) < 4.78 is 1.20. The number of hydrogen-bond donors (Lipinski definition) is 2. The molecule has 4 N–H and O–H groups in total. The van der Waals surface area contributed by atoms with Crippen molar-refractivity contribution < 1.29 is 9.59 Å². The molecule has 7 nitrogen and oxygen atoms in total. The molecule has 2 rings (SSSR count). The van der Waals surface area contributed by atoms with E-state index in [1.165, 1.54) is 4.68 Å². The van der Waals surface area contributed by atoms with Crippen LogP contribution in [-0.2, 0) is 6.54 Å². The molecule has 1 aromatic carbocycles. The van der Waals surface area contributed by atoms with Crippen LogP contribution in [0, 0.1) is 0 Å². The predicted octanol–water partition coefficient (Wildman–Crippen LogP) is 0.178. The van der Waals surface area contributed by atoms with Gasteiger partial charge in [0.25, 0.3) is 11.8 Å². The lowest BCUT2D eigenvalue weighted by Gasteiger charge is -2.06. The molecule has 0 aliphatic carbocycles. The third kappa shape index (κ3) is 2.55. The molecular weight excluding hydrogens is 270 g/mol. The fraction of sp³-hybridized carbons (Fsp3) is 0.0909. The fourth-order valence-electron chi connectivity index (χ4n) is 1.62. The molecular formula is C11H10ClN5O2. The maximum Gasteiger partial charge on any atom is 0.271 e. The van der Waals surface area contributed by atoms with Crippen LogP contribution in [0.1, 0.15) is 26.5 Å². The zero-order chi connectivity index (χ0) is 14.0. The Morgan fingerprint density at radius 1 is 1.21 bits per heavy atom. The van der Waals surface area contributed by atoms with Gasteiger partial charge in [-0.2, -0.15) is 0 Å². The summed E-state index contributed by atoms with van der Waals surface area (Å²) in [6.45, 7) is 0.165. The van der Waals surface area contributed by atoms with Gasteiger partial charge in [-0.25, -0.2) is 4.68 Å². The normalized spacial score (nSPS) is 10.4. The van der Waals surface area contributed by atoms with Crippen molar-refractivity contribution in [2.75, 3.05) is 0 Å². The topological polar surface area (TPSA) is 117 Å². The van der Waals surface area contributed by atoms with Gasteiger partial charge in [0.1, 0.15) is 0 Å². The van der Waals surface area contributed by atoms with Crippen LogP contribution < -0.4 is 11.5 Å². The Kier molecular flexibility index (Phi) is 3.48. The van der Waals surface area contributed by atoms with E-state index in [4.69, 9.17) is 23.1 Å². The number of carbonyl (C=O) groups is 2. The summed E-state index contributed by atoms with van der Waals surface area (Å²) in [5.41, 5.74) is 10.6. The summed E-state index contributed by atoms with van der Waals surface area (Å²) in [7, 11) is 0. The number of hydrogen-bond acceptors (Lipinski definition) is 4. The first-order valence-electron chi connectivity index (χ1n) is 5.27. The average Bonchev–Trinajstić information content (AvgIpc) is 2.76. The van der Waals surface area contributed by atoms with Crippen molar-refractivity contribution >= 4 is 23.4 Å². The number of amides is 2. The third-order valence-electron chi connectivity index (χ3n) is 2.48. The van der Waals surface area contributed by atoms with Crippen LogP contribution >= 0.6 is 11.6 Å². The van der Waals surface area contributed by atoms with E-state index >= 15 is 0 Å². The predicted molar refractivity (Wildman–Crippen MR) is 67.6 cm³/mol. The van der Waals surface area contributed by atoms with Gasteiger partial charge in [-0.3, -0.25) is 9.59 Å². The Bertz CT molecular complexity index is 652. The Hall–Kier alpha value is -2.41. The first-order chi connectivity index (χ1) is 9.00. The van der Waals surface area contributed by atoms with E-state index < -0.39 is 11.8 Å². The largest absolute Gasteiger partial charge is 0.364 e. The minimum absolute atomic E-state index is 0.132. The Labute approximate surface area is 113 Å². The zero-order valence-corrected chi connectivity index (χ0v) is 10.5. The fourth-order valence-corrected chi connectivity index (χ4v) is 1.82. The lowest BCUT2D eigenvalue weighted by atomic mass is 10.2. The van der Waals surface area contributed by atoms with Gasteiger partial charge in [0.2, 0.25) is 0 Å². The van der Waals surface area contributed by atoms with Gasteiger partial charge < -0.3 is 11.5 Å². The minimum atomic E-state index is -0.862. The Morgan fingerprint density at radius 3 is 2.47 bits per heavy atom. The number of aromatic nitrogens is 3. The number of nitrogens with zero attached hydrogens (tertiary/aromatic N) is 3. The van der Waals surface area contributed by atoms with E-state index in [1.807, 2.05) is 0 Å². The summed E-state index contributed by atoms with van der Waals surface area (Å²) in [6, 6.07) is 7.03. The lowest BCUT2D eigenvalue weighted by molar-refractivity contribution is 0.0959. The third-order valence-corrected chi connectivity index (χ3v) is 2.85. The van der Waals surface area contributed by atoms with Crippen LogP contribution in [0.5, 0.6) is 0 Å². The second-order valence-corrected chi connectivity index (χ2v) is 4.17. The van der Waals surface area contributed by atoms with Crippen molar-refractivity contribution in [3.8, 4) is 0 Å². The molecule has 0 aliphatic heterocycles. The molecule has 8 heteroatoms. The van der Waals surface area contributed by atoms with Crippen LogP contribution in [0.2, 0.25) is 5.02 Å². The standard InChI is InChI=1S/C11H10ClN5O2/c12-7-4-2-1-3-6(7)5-17-9(11(14)19)8(10(13)18)15-16-17/h1-4H,5H2,(H2,13,18)(H2,14,19). The average molecular weight is 280 g/mol. The Balaban J connectivity index is 2.44. The molecule has 0 atom stereocenters. The molecule has 0 fully saturated rings. The summed E-state index contributed by atoms with van der Waals surface area (Å²) in [4.78, 5) is 22.5. The first-order valence-corrected chi connectivity index (χ1v) is 5.65. The van der Waals surface area contributed by atoms with Crippen molar-refractivity contribution in [1.82, 2.24) is 15.0 Å². The van der Waals surface area contributed by atoms with E-state index in [2.05, 4.69) is 10.3 Å². The van der Waals surface area contributed by atoms with Gasteiger partial charge in [-0.1, -0.05) is 35.0 Å². The molecule has 0 unspecified atom stereocenters. The number of nitrogens with two attached hydrogens (primary N) is 2. The van der Waals surface area contributed by atoms with Crippen molar-refractivity contribution in [3.63, 3.8) is 0 Å². The quantitative estimate of drug-likeness (QED) is 0.830. The monoisotopic (exact) mass is 279 g/mol. The second-order valence-electron chi connectivity index (χ2n) is 3.76. The molecule has 0 aliphatic rings. The van der Waals surface area contributed by atoms with E-state index in [-0.39, 0.29) is 17.9 Å². The van der Waals surface area contributed by atoms with Gasteiger partial charge in [-0.05, 0) is 11.6 Å². The van der Waals surface area contributed by atoms with Crippen molar-refractivity contribution in [2.24, 2.45) is 11.5 Å². The smallest absolute Gasteiger partial charge is 0.271 e. The van der Waals surface area contributed by atoms with Gasteiger partial charge in [0.05, 0.1) is 6.54 Å². The van der Waals surface area contributed by atoms with Crippen molar-refractivity contribution in [3.05, 3.63) is 46.2 Å². The van der Waals surface area contributed by atoms with Gasteiger partial charge in [0.15, 0.2) is 11.4 Å². The van der Waals surface area contributed by atoms with E-state index in [0.717, 1.165) is 0 Å². The number of halogens is 1. The molecule has 0 bridgehead atoms. The van der Waals surface area contributed by atoms with Gasteiger partial charge in [0, 0.05) is 5.02 Å². The van der Waals surface area contributed by atoms with E-state index in [9.17, 15) is 9.59 Å². The number of primary amides is 2. The van der Waals surface area contributed by atoms with Crippen LogP contribution in [-0.4, -0.2) is 26.8 Å². The molecule has 2 aromatic rings. The number of carbonyl (C=O) groups excluding carboxylic acids is 2. The summed E-state index contributed by atoms with van der Waals surface area (Å²) in [5.74, 6) is -1.69. The highest BCUT2D eigenvalue weighted by molar-refractivity contribution is 6.31. The highest BCUT2D eigenvalue weighted by Gasteiger charge is 2.22. The molecule has 19 heavy (non-hydrogen) atoms. The maximum atomic E-state index is 11.4.